The number of carbonyl (C=O) groups is 1. The van der Waals surface area contributed by atoms with Gasteiger partial charge in [-0.05, 0) is 36.6 Å². The van der Waals surface area contributed by atoms with Crippen LogP contribution in [0.5, 0.6) is 0 Å². The van der Waals surface area contributed by atoms with E-state index in [-0.39, 0.29) is 5.91 Å². The molecule has 1 heterocycles. The number of nitrogens with zero attached hydrogens (tertiary/aromatic N) is 2. The Morgan fingerprint density at radius 3 is 2.64 bits per heavy atom. The van der Waals surface area contributed by atoms with Gasteiger partial charge in [0, 0.05) is 37.9 Å². The summed E-state index contributed by atoms with van der Waals surface area (Å²) >= 11 is 0. The van der Waals surface area contributed by atoms with Crippen LogP contribution in [0, 0.1) is 0 Å². The summed E-state index contributed by atoms with van der Waals surface area (Å²) in [5.41, 5.74) is 3.54. The SMILES string of the molecule is CN(CCC(=O)N1CCCc2ccccc21)c1ccccc1. The normalized spacial score (nSPS) is 13.6. The molecular formula is C19H22N2O. The van der Waals surface area contributed by atoms with Crippen LogP contribution in [0.25, 0.3) is 0 Å². The molecule has 2 aromatic carbocycles. The number of aryl methyl sites for hydroxylation is 1. The highest BCUT2D eigenvalue weighted by atomic mass is 16.2. The summed E-state index contributed by atoms with van der Waals surface area (Å²) in [6.07, 6.45) is 2.67. The third kappa shape index (κ3) is 3.14. The van der Waals surface area contributed by atoms with Crippen LogP contribution in [-0.4, -0.2) is 26.0 Å². The molecule has 2 aromatic rings. The van der Waals surface area contributed by atoms with Crippen molar-refractivity contribution in [1.29, 1.82) is 0 Å². The first-order valence-electron chi connectivity index (χ1n) is 7.90. The van der Waals surface area contributed by atoms with Gasteiger partial charge in [0.15, 0.2) is 0 Å². The van der Waals surface area contributed by atoms with Crippen molar-refractivity contribution in [2.75, 3.05) is 29.9 Å². The minimum atomic E-state index is 0.218. The highest BCUT2D eigenvalue weighted by Gasteiger charge is 2.21. The molecule has 0 unspecified atom stereocenters. The first kappa shape index (κ1) is 14.6. The van der Waals surface area contributed by atoms with E-state index in [0.29, 0.717) is 6.42 Å². The lowest BCUT2D eigenvalue weighted by atomic mass is 10.0. The minimum absolute atomic E-state index is 0.218. The molecule has 114 valence electrons. The van der Waals surface area contributed by atoms with Crippen molar-refractivity contribution in [2.45, 2.75) is 19.3 Å². The van der Waals surface area contributed by atoms with Gasteiger partial charge in [-0.25, -0.2) is 0 Å². The minimum Gasteiger partial charge on any atom is -0.374 e. The van der Waals surface area contributed by atoms with Gasteiger partial charge in [0.1, 0.15) is 0 Å². The van der Waals surface area contributed by atoms with Gasteiger partial charge in [0.25, 0.3) is 0 Å². The Morgan fingerprint density at radius 1 is 1.09 bits per heavy atom. The Morgan fingerprint density at radius 2 is 1.82 bits per heavy atom. The molecule has 3 nitrogen and oxygen atoms in total. The van der Waals surface area contributed by atoms with Crippen LogP contribution < -0.4 is 9.80 Å². The maximum Gasteiger partial charge on any atom is 0.228 e. The molecule has 0 atom stereocenters. The van der Waals surface area contributed by atoms with Crippen molar-refractivity contribution >= 4 is 17.3 Å². The van der Waals surface area contributed by atoms with E-state index >= 15 is 0 Å². The summed E-state index contributed by atoms with van der Waals surface area (Å²) in [5, 5.41) is 0. The Labute approximate surface area is 132 Å². The average Bonchev–Trinajstić information content (AvgIpc) is 2.59. The largest absolute Gasteiger partial charge is 0.374 e. The van der Waals surface area contributed by atoms with E-state index in [1.54, 1.807) is 0 Å². The molecule has 3 heteroatoms. The predicted molar refractivity (Wildman–Crippen MR) is 91.4 cm³/mol. The number of hydrogen-bond acceptors (Lipinski definition) is 2. The van der Waals surface area contributed by atoms with Crippen molar-refractivity contribution in [1.82, 2.24) is 0 Å². The summed E-state index contributed by atoms with van der Waals surface area (Å²) in [5.74, 6) is 0.218. The van der Waals surface area contributed by atoms with Gasteiger partial charge in [-0.15, -0.1) is 0 Å². The Kier molecular flexibility index (Phi) is 4.42. The molecular weight excluding hydrogens is 272 g/mol. The molecule has 0 saturated heterocycles. The number of anilines is 2. The van der Waals surface area contributed by atoms with Crippen molar-refractivity contribution in [3.63, 3.8) is 0 Å². The topological polar surface area (TPSA) is 23.6 Å². The quantitative estimate of drug-likeness (QED) is 0.861. The molecule has 0 bridgehead atoms. The second kappa shape index (κ2) is 6.65. The Bertz CT molecular complexity index is 639. The van der Waals surface area contributed by atoms with Gasteiger partial charge in [0.2, 0.25) is 5.91 Å². The third-order valence-electron chi connectivity index (χ3n) is 4.27. The van der Waals surface area contributed by atoms with Crippen LogP contribution >= 0.6 is 0 Å². The summed E-state index contributed by atoms with van der Waals surface area (Å²) in [4.78, 5) is 16.7. The van der Waals surface area contributed by atoms with E-state index in [0.717, 1.165) is 37.3 Å². The van der Waals surface area contributed by atoms with E-state index in [9.17, 15) is 4.79 Å². The monoisotopic (exact) mass is 294 g/mol. The van der Waals surface area contributed by atoms with Gasteiger partial charge in [-0.2, -0.15) is 0 Å². The molecule has 0 radical (unpaired) electrons. The van der Waals surface area contributed by atoms with Gasteiger partial charge in [0.05, 0.1) is 0 Å². The molecule has 1 aliphatic heterocycles. The summed E-state index contributed by atoms with van der Waals surface area (Å²) < 4.78 is 0. The standard InChI is InChI=1S/C19H22N2O/c1-20(17-10-3-2-4-11-17)15-13-19(22)21-14-7-9-16-8-5-6-12-18(16)21/h2-6,8,10-12H,7,9,13-15H2,1H3. The molecule has 0 spiro atoms. The number of para-hydroxylation sites is 2. The zero-order chi connectivity index (χ0) is 15.4. The average molecular weight is 294 g/mol. The number of carbonyl (C=O) groups excluding carboxylic acids is 1. The summed E-state index contributed by atoms with van der Waals surface area (Å²) in [7, 11) is 2.03. The zero-order valence-electron chi connectivity index (χ0n) is 13.0. The van der Waals surface area contributed by atoms with E-state index in [2.05, 4.69) is 35.2 Å². The lowest BCUT2D eigenvalue weighted by Gasteiger charge is -2.30. The van der Waals surface area contributed by atoms with Crippen LogP contribution in [0.1, 0.15) is 18.4 Å². The van der Waals surface area contributed by atoms with Gasteiger partial charge in [-0.3, -0.25) is 4.79 Å². The van der Waals surface area contributed by atoms with E-state index < -0.39 is 0 Å². The predicted octanol–water partition coefficient (Wildman–Crippen LogP) is 3.49. The van der Waals surface area contributed by atoms with Crippen molar-refractivity contribution in [2.24, 2.45) is 0 Å². The lowest BCUT2D eigenvalue weighted by molar-refractivity contribution is -0.118. The molecule has 1 aliphatic rings. The molecule has 22 heavy (non-hydrogen) atoms. The molecule has 0 fully saturated rings. The fourth-order valence-corrected chi connectivity index (χ4v) is 3.00. The number of hydrogen-bond donors (Lipinski definition) is 0. The number of amides is 1. The second-order valence-corrected chi connectivity index (χ2v) is 5.78. The molecule has 0 aliphatic carbocycles. The first-order valence-corrected chi connectivity index (χ1v) is 7.90. The number of rotatable bonds is 4. The van der Waals surface area contributed by atoms with E-state index in [4.69, 9.17) is 0 Å². The van der Waals surface area contributed by atoms with Crippen LogP contribution in [0.4, 0.5) is 11.4 Å². The fraction of sp³-hybridized carbons (Fsp3) is 0.316. The molecule has 3 rings (SSSR count). The van der Waals surface area contributed by atoms with Crippen LogP contribution in [0.2, 0.25) is 0 Å². The zero-order valence-corrected chi connectivity index (χ0v) is 13.0. The molecule has 1 amide bonds. The first-order chi connectivity index (χ1) is 10.8. The molecule has 0 N–H and O–H groups in total. The van der Waals surface area contributed by atoms with Crippen molar-refractivity contribution in [3.8, 4) is 0 Å². The van der Waals surface area contributed by atoms with Gasteiger partial charge in [-0.1, -0.05) is 36.4 Å². The van der Waals surface area contributed by atoms with Gasteiger partial charge >= 0.3 is 0 Å². The second-order valence-electron chi connectivity index (χ2n) is 5.78. The van der Waals surface area contributed by atoms with Crippen molar-refractivity contribution < 1.29 is 4.79 Å². The van der Waals surface area contributed by atoms with Crippen LogP contribution in [0.3, 0.4) is 0 Å². The third-order valence-corrected chi connectivity index (χ3v) is 4.27. The van der Waals surface area contributed by atoms with Crippen LogP contribution in [-0.2, 0) is 11.2 Å². The number of fused-ring (bicyclic) bond motifs is 1. The Balaban J connectivity index is 1.64. The van der Waals surface area contributed by atoms with E-state index in [1.807, 2.05) is 36.2 Å². The van der Waals surface area contributed by atoms with E-state index in [1.165, 1.54) is 5.56 Å². The summed E-state index contributed by atoms with van der Waals surface area (Å²) in [6, 6.07) is 18.5. The summed E-state index contributed by atoms with van der Waals surface area (Å²) in [6.45, 7) is 1.58. The highest BCUT2D eigenvalue weighted by molar-refractivity contribution is 5.94. The number of benzene rings is 2. The fourth-order valence-electron chi connectivity index (χ4n) is 3.00. The maximum atomic E-state index is 12.6. The lowest BCUT2D eigenvalue weighted by Crippen LogP contribution is -2.37. The molecule has 0 aromatic heterocycles. The van der Waals surface area contributed by atoms with Crippen molar-refractivity contribution in [3.05, 3.63) is 60.2 Å². The molecule has 0 saturated carbocycles. The Hall–Kier alpha value is -2.29. The van der Waals surface area contributed by atoms with Crippen LogP contribution in [0.15, 0.2) is 54.6 Å². The highest BCUT2D eigenvalue weighted by Crippen LogP contribution is 2.27. The smallest absolute Gasteiger partial charge is 0.228 e. The maximum absolute atomic E-state index is 12.6. The van der Waals surface area contributed by atoms with Gasteiger partial charge < -0.3 is 9.80 Å².